The van der Waals surface area contributed by atoms with E-state index in [0.29, 0.717) is 32.0 Å². The van der Waals surface area contributed by atoms with Crippen LogP contribution in [0.25, 0.3) is 0 Å². The van der Waals surface area contributed by atoms with E-state index in [9.17, 15) is 14.7 Å². The van der Waals surface area contributed by atoms with E-state index in [1.165, 1.54) is 4.90 Å². The van der Waals surface area contributed by atoms with E-state index < -0.39 is 0 Å². The van der Waals surface area contributed by atoms with Gasteiger partial charge in [-0.15, -0.1) is 0 Å². The second kappa shape index (κ2) is 8.64. The van der Waals surface area contributed by atoms with Crippen LogP contribution in [0.15, 0.2) is 17.1 Å². The van der Waals surface area contributed by atoms with Gasteiger partial charge >= 0.3 is 0 Å². The fraction of sp³-hybridized carbons (Fsp3) is 0.762. The second-order valence-electron chi connectivity index (χ2n) is 8.63. The van der Waals surface area contributed by atoms with Gasteiger partial charge in [0.05, 0.1) is 25.0 Å². The van der Waals surface area contributed by atoms with Crippen LogP contribution in [0.2, 0.25) is 0 Å². The number of allylic oxidation sites excluding steroid dienone is 2. The Morgan fingerprint density at radius 2 is 1.86 bits per heavy atom. The molecule has 1 heterocycles. The minimum absolute atomic E-state index is 0.0223. The number of nitrogens with zero attached hydrogens (tertiary/aromatic N) is 2. The highest BCUT2D eigenvalue weighted by atomic mass is 16.3. The zero-order valence-corrected chi connectivity index (χ0v) is 17.3. The topological polar surface area (TPSA) is 94.0 Å². The molecular weight excluding hydrogens is 356 g/mol. The first-order valence-corrected chi connectivity index (χ1v) is 10.6. The first-order chi connectivity index (χ1) is 13.4. The van der Waals surface area contributed by atoms with E-state index in [1.807, 2.05) is 20.8 Å². The molecule has 3 aliphatic rings. The number of amides is 2. The van der Waals surface area contributed by atoms with Crippen LogP contribution in [0, 0.1) is 29.1 Å². The van der Waals surface area contributed by atoms with Crippen LogP contribution in [0.5, 0.6) is 0 Å². The molecule has 5 unspecified atom stereocenters. The van der Waals surface area contributed by atoms with Crippen LogP contribution in [-0.4, -0.2) is 60.6 Å². The number of carbonyl (C=O) groups excluding carboxylic acids is 2. The lowest BCUT2D eigenvalue weighted by Gasteiger charge is -2.24. The number of nitrogens with one attached hydrogen (secondary N) is 2. The maximum absolute atomic E-state index is 12.7. The molecule has 2 aliphatic carbocycles. The zero-order chi connectivity index (χ0) is 20.3. The van der Waals surface area contributed by atoms with Crippen LogP contribution < -0.4 is 10.6 Å². The van der Waals surface area contributed by atoms with Crippen molar-refractivity contribution < 1.29 is 14.7 Å². The number of likely N-dealkylation sites (tertiary alicyclic amines) is 1. The number of fused-ring (bicyclic) bond motifs is 5. The Morgan fingerprint density at radius 3 is 2.39 bits per heavy atom. The van der Waals surface area contributed by atoms with E-state index >= 15 is 0 Å². The van der Waals surface area contributed by atoms with E-state index in [2.05, 4.69) is 27.8 Å². The van der Waals surface area contributed by atoms with Crippen molar-refractivity contribution in [3.05, 3.63) is 12.2 Å². The van der Waals surface area contributed by atoms with Gasteiger partial charge in [0.25, 0.3) is 0 Å². The smallest absolute Gasteiger partial charge is 0.233 e. The molecule has 2 amide bonds. The van der Waals surface area contributed by atoms with Gasteiger partial charge in [-0.25, -0.2) is 0 Å². The molecule has 7 nitrogen and oxygen atoms in total. The van der Waals surface area contributed by atoms with Crippen LogP contribution in [-0.2, 0) is 9.59 Å². The van der Waals surface area contributed by atoms with Gasteiger partial charge in [-0.1, -0.05) is 26.0 Å². The largest absolute Gasteiger partial charge is 0.396 e. The number of imide groups is 1. The summed E-state index contributed by atoms with van der Waals surface area (Å²) in [4.78, 5) is 31.4. The third-order valence-corrected chi connectivity index (χ3v) is 6.61. The molecule has 0 aromatic heterocycles. The zero-order valence-electron chi connectivity index (χ0n) is 17.3. The second-order valence-corrected chi connectivity index (χ2v) is 8.63. The molecule has 0 aromatic rings. The molecule has 0 spiro atoms. The van der Waals surface area contributed by atoms with Crippen molar-refractivity contribution in [2.24, 2.45) is 34.1 Å². The summed E-state index contributed by atoms with van der Waals surface area (Å²) in [6.45, 7) is 8.55. The Morgan fingerprint density at radius 1 is 1.21 bits per heavy atom. The molecule has 28 heavy (non-hydrogen) atoms. The number of aliphatic imine (C=N–C) groups is 1. The first-order valence-electron chi connectivity index (χ1n) is 10.6. The SMILES string of the molecule is CCNC(=NCC(C)(CC)CO)NCCCN1C(=O)C2C3C=CC(C3)C2C1=O. The van der Waals surface area contributed by atoms with Crippen molar-refractivity contribution in [1.29, 1.82) is 0 Å². The third kappa shape index (κ3) is 3.95. The number of hydrogen-bond donors (Lipinski definition) is 3. The third-order valence-electron chi connectivity index (χ3n) is 6.61. The molecule has 7 heteroatoms. The minimum Gasteiger partial charge on any atom is -0.396 e. The van der Waals surface area contributed by atoms with Gasteiger partial charge in [-0.05, 0) is 38.0 Å². The Labute approximate surface area is 167 Å². The molecule has 3 rings (SSSR count). The Bertz CT molecular complexity index is 626. The summed E-state index contributed by atoms with van der Waals surface area (Å²) < 4.78 is 0. The van der Waals surface area contributed by atoms with E-state index in [1.54, 1.807) is 0 Å². The monoisotopic (exact) mass is 390 g/mol. The number of rotatable bonds is 9. The first kappa shape index (κ1) is 20.8. The number of aliphatic hydroxyl groups excluding tert-OH is 1. The van der Waals surface area contributed by atoms with Crippen molar-refractivity contribution in [3.8, 4) is 0 Å². The maximum Gasteiger partial charge on any atom is 0.233 e. The molecule has 1 aliphatic heterocycles. The van der Waals surface area contributed by atoms with E-state index in [4.69, 9.17) is 0 Å². The van der Waals surface area contributed by atoms with Gasteiger partial charge in [0.2, 0.25) is 11.8 Å². The summed E-state index contributed by atoms with van der Waals surface area (Å²) in [7, 11) is 0. The molecular formula is C21H34N4O3. The van der Waals surface area contributed by atoms with Gasteiger partial charge in [-0.2, -0.15) is 0 Å². The van der Waals surface area contributed by atoms with Crippen molar-refractivity contribution in [3.63, 3.8) is 0 Å². The predicted octanol–water partition coefficient (Wildman–Crippen LogP) is 1.15. The Kier molecular flexibility index (Phi) is 6.43. The standard InChI is InChI=1S/C21H34N4O3/c1-4-21(3,13-26)12-24-20(22-5-2)23-9-6-10-25-18(27)16-14-7-8-15(11-14)17(16)19(25)28/h7-8,14-17,26H,4-6,9-13H2,1-3H3,(H2,22,23,24). The predicted molar refractivity (Wildman–Crippen MR) is 109 cm³/mol. The molecule has 1 saturated carbocycles. The van der Waals surface area contributed by atoms with Gasteiger partial charge in [-0.3, -0.25) is 19.5 Å². The summed E-state index contributed by atoms with van der Waals surface area (Å²) in [5.41, 5.74) is -0.220. The molecule has 5 atom stereocenters. The summed E-state index contributed by atoms with van der Waals surface area (Å²) in [5, 5.41) is 16.0. The summed E-state index contributed by atoms with van der Waals surface area (Å²) >= 11 is 0. The lowest BCUT2D eigenvalue weighted by Crippen LogP contribution is -2.40. The summed E-state index contributed by atoms with van der Waals surface area (Å²) in [6.07, 6.45) is 6.75. The fourth-order valence-corrected chi connectivity index (χ4v) is 4.51. The van der Waals surface area contributed by atoms with Crippen LogP contribution in [0.1, 0.15) is 40.0 Å². The van der Waals surface area contributed by atoms with Crippen molar-refractivity contribution >= 4 is 17.8 Å². The highest BCUT2D eigenvalue weighted by Gasteiger charge is 2.58. The van der Waals surface area contributed by atoms with E-state index in [0.717, 1.165) is 19.4 Å². The summed E-state index contributed by atoms with van der Waals surface area (Å²) in [6, 6.07) is 0. The molecule has 156 valence electrons. The van der Waals surface area contributed by atoms with E-state index in [-0.39, 0.29) is 47.5 Å². The van der Waals surface area contributed by atoms with Crippen LogP contribution in [0.3, 0.4) is 0 Å². The maximum atomic E-state index is 12.7. The van der Waals surface area contributed by atoms with Gasteiger partial charge < -0.3 is 15.7 Å². The van der Waals surface area contributed by atoms with Gasteiger partial charge in [0, 0.05) is 25.0 Å². The molecule has 1 saturated heterocycles. The molecule has 2 fully saturated rings. The highest BCUT2D eigenvalue weighted by Crippen LogP contribution is 2.52. The average Bonchev–Trinajstić information content (AvgIpc) is 3.38. The highest BCUT2D eigenvalue weighted by molar-refractivity contribution is 6.06. The number of aliphatic hydroxyl groups is 1. The lowest BCUT2D eigenvalue weighted by molar-refractivity contribution is -0.140. The molecule has 0 radical (unpaired) electrons. The van der Waals surface area contributed by atoms with Gasteiger partial charge in [0.1, 0.15) is 0 Å². The Hall–Kier alpha value is -1.89. The average molecular weight is 391 g/mol. The lowest BCUT2D eigenvalue weighted by atomic mass is 9.85. The van der Waals surface area contributed by atoms with Crippen molar-refractivity contribution in [2.75, 3.05) is 32.8 Å². The summed E-state index contributed by atoms with van der Waals surface area (Å²) in [5.74, 6) is 1.05. The quantitative estimate of drug-likeness (QED) is 0.181. The molecule has 3 N–H and O–H groups in total. The van der Waals surface area contributed by atoms with Crippen LogP contribution in [0.4, 0.5) is 0 Å². The number of carbonyl (C=O) groups is 2. The normalized spacial score (nSPS) is 30.7. The molecule has 2 bridgehead atoms. The molecule has 0 aromatic carbocycles. The van der Waals surface area contributed by atoms with Crippen LogP contribution >= 0.6 is 0 Å². The number of hydrogen-bond acceptors (Lipinski definition) is 4. The Balaban J connectivity index is 1.48. The van der Waals surface area contributed by atoms with Crippen molar-refractivity contribution in [2.45, 2.75) is 40.0 Å². The fourth-order valence-electron chi connectivity index (χ4n) is 4.51. The minimum atomic E-state index is -0.220. The van der Waals surface area contributed by atoms with Crippen molar-refractivity contribution in [1.82, 2.24) is 15.5 Å². The van der Waals surface area contributed by atoms with Gasteiger partial charge in [0.15, 0.2) is 5.96 Å². The number of guanidine groups is 1.